The van der Waals surface area contributed by atoms with Crippen molar-refractivity contribution in [3.63, 3.8) is 0 Å². The van der Waals surface area contributed by atoms with Crippen molar-refractivity contribution in [1.82, 2.24) is 15.0 Å². The Hall–Kier alpha value is -2.17. The van der Waals surface area contributed by atoms with Gasteiger partial charge in [0.2, 0.25) is 0 Å². The maximum absolute atomic E-state index is 12.7. The molecule has 1 saturated carbocycles. The van der Waals surface area contributed by atoms with E-state index in [1.54, 1.807) is 6.92 Å². The SMILES string of the molecule is Cc1noc(-c2ccc(C(=O)N(C)C3CCC(C)CC3)cc2)n1. The van der Waals surface area contributed by atoms with Crippen molar-refractivity contribution in [2.45, 2.75) is 45.6 Å². The molecular weight excluding hydrogens is 290 g/mol. The second-order valence-corrected chi connectivity index (χ2v) is 6.55. The van der Waals surface area contributed by atoms with E-state index in [-0.39, 0.29) is 5.91 Å². The Morgan fingerprint density at radius 2 is 1.83 bits per heavy atom. The lowest BCUT2D eigenvalue weighted by Gasteiger charge is -2.33. The normalized spacial score (nSPS) is 21.2. The molecule has 1 fully saturated rings. The monoisotopic (exact) mass is 313 g/mol. The molecule has 0 spiro atoms. The molecular formula is C18H23N3O2. The third-order valence-corrected chi connectivity index (χ3v) is 4.76. The zero-order valence-electron chi connectivity index (χ0n) is 14.0. The highest BCUT2D eigenvalue weighted by atomic mass is 16.5. The Balaban J connectivity index is 1.70. The Labute approximate surface area is 136 Å². The summed E-state index contributed by atoms with van der Waals surface area (Å²) in [6, 6.07) is 7.74. The van der Waals surface area contributed by atoms with Crippen molar-refractivity contribution >= 4 is 5.91 Å². The van der Waals surface area contributed by atoms with Gasteiger partial charge < -0.3 is 9.42 Å². The first kappa shape index (κ1) is 15.7. The minimum Gasteiger partial charge on any atom is -0.339 e. The zero-order chi connectivity index (χ0) is 16.4. The van der Waals surface area contributed by atoms with Crippen LogP contribution < -0.4 is 0 Å². The summed E-state index contributed by atoms with van der Waals surface area (Å²) in [4.78, 5) is 18.8. The summed E-state index contributed by atoms with van der Waals surface area (Å²) in [6.45, 7) is 4.07. The van der Waals surface area contributed by atoms with E-state index in [1.165, 1.54) is 12.8 Å². The maximum atomic E-state index is 12.7. The molecule has 0 radical (unpaired) electrons. The average molecular weight is 313 g/mol. The quantitative estimate of drug-likeness (QED) is 0.867. The zero-order valence-corrected chi connectivity index (χ0v) is 14.0. The second-order valence-electron chi connectivity index (χ2n) is 6.55. The van der Waals surface area contributed by atoms with Crippen molar-refractivity contribution in [2.24, 2.45) is 5.92 Å². The van der Waals surface area contributed by atoms with Crippen LogP contribution in [-0.4, -0.2) is 34.0 Å². The molecule has 5 heteroatoms. The standard InChI is InChI=1S/C18H23N3O2/c1-12-4-10-16(11-5-12)21(3)18(22)15-8-6-14(7-9-15)17-19-13(2)20-23-17/h6-9,12,16H,4-5,10-11H2,1-3H3. The third-order valence-electron chi connectivity index (χ3n) is 4.76. The molecule has 0 aliphatic heterocycles. The van der Waals surface area contributed by atoms with E-state index in [0.29, 0.717) is 23.3 Å². The highest BCUT2D eigenvalue weighted by Crippen LogP contribution is 2.27. The van der Waals surface area contributed by atoms with E-state index >= 15 is 0 Å². The first-order chi connectivity index (χ1) is 11.0. The van der Waals surface area contributed by atoms with Crippen molar-refractivity contribution in [3.8, 4) is 11.5 Å². The van der Waals surface area contributed by atoms with Gasteiger partial charge in [0.1, 0.15) is 0 Å². The van der Waals surface area contributed by atoms with Crippen LogP contribution in [0.1, 0.15) is 48.8 Å². The first-order valence-corrected chi connectivity index (χ1v) is 8.22. The number of carbonyl (C=O) groups excluding carboxylic acids is 1. The Kier molecular flexibility index (Phi) is 4.46. The number of aromatic nitrogens is 2. The highest BCUT2D eigenvalue weighted by molar-refractivity contribution is 5.94. The Morgan fingerprint density at radius 3 is 2.39 bits per heavy atom. The molecule has 0 saturated heterocycles. The largest absolute Gasteiger partial charge is 0.339 e. The van der Waals surface area contributed by atoms with E-state index in [9.17, 15) is 4.79 Å². The van der Waals surface area contributed by atoms with E-state index < -0.39 is 0 Å². The lowest BCUT2D eigenvalue weighted by molar-refractivity contribution is 0.0679. The summed E-state index contributed by atoms with van der Waals surface area (Å²) < 4.78 is 5.15. The molecule has 5 nitrogen and oxygen atoms in total. The Bertz CT molecular complexity index is 670. The van der Waals surface area contributed by atoms with Gasteiger partial charge in [-0.3, -0.25) is 4.79 Å². The van der Waals surface area contributed by atoms with Gasteiger partial charge in [-0.2, -0.15) is 4.98 Å². The number of rotatable bonds is 3. The maximum Gasteiger partial charge on any atom is 0.257 e. The minimum atomic E-state index is 0.0813. The molecule has 1 aromatic heterocycles. The number of carbonyl (C=O) groups is 1. The molecule has 23 heavy (non-hydrogen) atoms. The van der Waals surface area contributed by atoms with E-state index in [0.717, 1.165) is 24.3 Å². The smallest absolute Gasteiger partial charge is 0.257 e. The Morgan fingerprint density at radius 1 is 1.17 bits per heavy atom. The molecule has 3 rings (SSSR count). The van der Waals surface area contributed by atoms with Gasteiger partial charge in [-0.1, -0.05) is 12.1 Å². The summed E-state index contributed by atoms with van der Waals surface area (Å²) in [6.07, 6.45) is 4.61. The lowest BCUT2D eigenvalue weighted by Crippen LogP contribution is -2.39. The van der Waals surface area contributed by atoms with Gasteiger partial charge in [-0.15, -0.1) is 0 Å². The predicted molar refractivity (Wildman–Crippen MR) is 88.0 cm³/mol. The first-order valence-electron chi connectivity index (χ1n) is 8.22. The molecule has 1 aromatic carbocycles. The molecule has 0 bridgehead atoms. The van der Waals surface area contributed by atoms with Gasteiger partial charge >= 0.3 is 0 Å². The third kappa shape index (κ3) is 3.44. The average Bonchev–Trinajstić information content (AvgIpc) is 3.01. The van der Waals surface area contributed by atoms with E-state index in [4.69, 9.17) is 4.52 Å². The van der Waals surface area contributed by atoms with Gasteiger partial charge in [0.25, 0.3) is 11.8 Å². The predicted octanol–water partition coefficient (Wildman–Crippen LogP) is 3.70. The van der Waals surface area contributed by atoms with Crippen LogP contribution in [0.25, 0.3) is 11.5 Å². The number of aryl methyl sites for hydroxylation is 1. The van der Waals surface area contributed by atoms with Crippen LogP contribution >= 0.6 is 0 Å². The summed E-state index contributed by atoms with van der Waals surface area (Å²) in [7, 11) is 1.91. The number of hydrogen-bond donors (Lipinski definition) is 0. The van der Waals surface area contributed by atoms with Crippen molar-refractivity contribution < 1.29 is 9.32 Å². The summed E-state index contributed by atoms with van der Waals surface area (Å²) in [5, 5.41) is 3.78. The summed E-state index contributed by atoms with van der Waals surface area (Å²) in [5.74, 6) is 1.95. The van der Waals surface area contributed by atoms with Crippen LogP contribution in [0.2, 0.25) is 0 Å². The number of benzene rings is 1. The van der Waals surface area contributed by atoms with Crippen LogP contribution in [0.3, 0.4) is 0 Å². The molecule has 1 aliphatic rings. The van der Waals surface area contributed by atoms with Crippen LogP contribution in [0.5, 0.6) is 0 Å². The fraction of sp³-hybridized carbons (Fsp3) is 0.500. The van der Waals surface area contributed by atoms with Gasteiger partial charge in [-0.05, 0) is 62.8 Å². The van der Waals surface area contributed by atoms with Crippen LogP contribution in [0.4, 0.5) is 0 Å². The summed E-state index contributed by atoms with van der Waals surface area (Å²) >= 11 is 0. The van der Waals surface area contributed by atoms with Crippen LogP contribution in [0, 0.1) is 12.8 Å². The molecule has 0 N–H and O–H groups in total. The van der Waals surface area contributed by atoms with Gasteiger partial charge in [0.05, 0.1) is 0 Å². The van der Waals surface area contributed by atoms with Crippen molar-refractivity contribution in [2.75, 3.05) is 7.05 Å². The number of hydrogen-bond acceptors (Lipinski definition) is 4. The second kappa shape index (κ2) is 6.52. The molecule has 122 valence electrons. The van der Waals surface area contributed by atoms with E-state index in [1.807, 2.05) is 36.2 Å². The topological polar surface area (TPSA) is 59.2 Å². The fourth-order valence-corrected chi connectivity index (χ4v) is 3.17. The summed E-state index contributed by atoms with van der Waals surface area (Å²) in [5.41, 5.74) is 1.53. The number of amides is 1. The minimum absolute atomic E-state index is 0.0813. The fourth-order valence-electron chi connectivity index (χ4n) is 3.17. The van der Waals surface area contributed by atoms with Crippen molar-refractivity contribution in [3.05, 3.63) is 35.7 Å². The van der Waals surface area contributed by atoms with Gasteiger partial charge in [-0.25, -0.2) is 0 Å². The number of nitrogens with zero attached hydrogens (tertiary/aromatic N) is 3. The molecule has 1 heterocycles. The lowest BCUT2D eigenvalue weighted by atomic mass is 9.86. The highest BCUT2D eigenvalue weighted by Gasteiger charge is 2.25. The molecule has 1 aliphatic carbocycles. The van der Waals surface area contributed by atoms with Crippen LogP contribution in [-0.2, 0) is 0 Å². The molecule has 0 unspecified atom stereocenters. The van der Waals surface area contributed by atoms with Gasteiger partial charge in [0, 0.05) is 24.2 Å². The van der Waals surface area contributed by atoms with Gasteiger partial charge in [0.15, 0.2) is 5.82 Å². The van der Waals surface area contributed by atoms with E-state index in [2.05, 4.69) is 17.1 Å². The van der Waals surface area contributed by atoms with Crippen molar-refractivity contribution in [1.29, 1.82) is 0 Å². The molecule has 1 amide bonds. The molecule has 0 atom stereocenters. The molecule has 2 aromatic rings. The van der Waals surface area contributed by atoms with Crippen LogP contribution in [0.15, 0.2) is 28.8 Å².